The van der Waals surface area contributed by atoms with Gasteiger partial charge in [-0.05, 0) is 5.82 Å². The summed E-state index contributed by atoms with van der Waals surface area (Å²) in [5.41, 5.74) is 0. The predicted octanol–water partition coefficient (Wildman–Crippen LogP) is 2.40. The molecule has 1 unspecified atom stereocenters. The molecule has 0 nitrogen and oxygen atoms in total. The van der Waals surface area contributed by atoms with Crippen molar-refractivity contribution in [2.75, 3.05) is 0 Å². The van der Waals surface area contributed by atoms with Gasteiger partial charge in [0, 0.05) is 0 Å². The number of hydrogen-bond donors (Lipinski definition) is 0. The van der Waals surface area contributed by atoms with E-state index >= 15 is 0 Å². The highest BCUT2D eigenvalue weighted by atomic mass is 35.5. The minimum Gasteiger partial charge on any atom is -0.216 e. The van der Waals surface area contributed by atoms with Crippen molar-refractivity contribution in [3.8, 4) is 0 Å². The van der Waals surface area contributed by atoms with Crippen molar-refractivity contribution in [1.82, 2.24) is 0 Å². The summed E-state index contributed by atoms with van der Waals surface area (Å²) >= 11 is 5.05. The molecule has 0 bridgehead atoms. The summed E-state index contributed by atoms with van der Waals surface area (Å²) in [4.78, 5) is 0. The molecule has 0 N–H and O–H groups in total. The number of halogens is 2. The molecule has 0 amide bonds. The molecule has 1 aliphatic rings. The molecule has 5 heavy (non-hydrogen) atoms. The molecule has 1 rings (SSSR count). The first-order valence-electron chi connectivity index (χ1n) is 1.13. The Bertz CT molecular complexity index is 79.7. The molecule has 3 heteroatoms. The Morgan fingerprint density at radius 1 is 2.00 bits per heavy atom. The standard InChI is InChI=1S/C2HClFP/c3-2-1-5(2)4/h1H. The van der Waals surface area contributed by atoms with Gasteiger partial charge in [0.1, 0.15) is 0 Å². The molecule has 1 heterocycles. The van der Waals surface area contributed by atoms with Crippen LogP contribution in [0.15, 0.2) is 10.6 Å². The molecule has 0 aromatic heterocycles. The molecule has 1 aliphatic heterocycles. The summed E-state index contributed by atoms with van der Waals surface area (Å²) in [6.45, 7) is 0. The van der Waals surface area contributed by atoms with Crippen LogP contribution in [0.1, 0.15) is 0 Å². The second kappa shape index (κ2) is 0.924. The quantitative estimate of drug-likeness (QED) is 0.420. The molecule has 0 saturated carbocycles. The maximum Gasteiger partial charge on any atom is 0.150 e. The summed E-state index contributed by atoms with van der Waals surface area (Å²) in [6.07, 6.45) is 0. The van der Waals surface area contributed by atoms with Crippen LogP contribution in [0.25, 0.3) is 0 Å². The summed E-state index contributed by atoms with van der Waals surface area (Å²) in [5, 5.41) is 0. The molecule has 0 aromatic carbocycles. The van der Waals surface area contributed by atoms with E-state index in [9.17, 15) is 4.20 Å². The van der Waals surface area contributed by atoms with E-state index in [1.165, 1.54) is 5.82 Å². The van der Waals surface area contributed by atoms with Crippen LogP contribution >= 0.6 is 19.8 Å². The third-order valence-corrected chi connectivity index (χ3v) is 1.85. The monoisotopic (exact) mass is 110 g/mol. The van der Waals surface area contributed by atoms with Crippen molar-refractivity contribution < 1.29 is 4.20 Å². The molecule has 1 atom stereocenters. The van der Waals surface area contributed by atoms with E-state index in [1.54, 1.807) is 0 Å². The molecule has 28 valence electrons. The normalized spacial score (nSPS) is 33.2. The van der Waals surface area contributed by atoms with E-state index < -0.39 is 8.23 Å². The van der Waals surface area contributed by atoms with Crippen LogP contribution in [0.3, 0.4) is 0 Å². The Hall–Kier alpha value is 0.390. The maximum atomic E-state index is 11.3. The van der Waals surface area contributed by atoms with E-state index in [2.05, 4.69) is 0 Å². The number of rotatable bonds is 0. The Balaban J connectivity index is 2.38. The summed E-state index contributed by atoms with van der Waals surface area (Å²) in [7, 11) is -1.37. The van der Waals surface area contributed by atoms with Crippen LogP contribution in [0, 0.1) is 0 Å². The third-order valence-electron chi connectivity index (χ3n) is 0.356. The largest absolute Gasteiger partial charge is 0.216 e. The Morgan fingerprint density at radius 3 is 2.20 bits per heavy atom. The highest BCUT2D eigenvalue weighted by Gasteiger charge is 2.21. The van der Waals surface area contributed by atoms with Crippen LogP contribution in [0.4, 0.5) is 4.20 Å². The minimum atomic E-state index is -1.37. The van der Waals surface area contributed by atoms with Crippen molar-refractivity contribution in [2.45, 2.75) is 0 Å². The highest BCUT2D eigenvalue weighted by molar-refractivity contribution is 7.70. The lowest BCUT2D eigenvalue weighted by Gasteiger charge is -1.61. The van der Waals surface area contributed by atoms with Crippen molar-refractivity contribution in [3.63, 3.8) is 0 Å². The molecule has 0 spiro atoms. The van der Waals surface area contributed by atoms with Gasteiger partial charge >= 0.3 is 0 Å². The van der Waals surface area contributed by atoms with Crippen LogP contribution in [0.2, 0.25) is 0 Å². The average molecular weight is 110 g/mol. The Kier molecular flexibility index (Phi) is 0.661. The summed E-state index contributed by atoms with van der Waals surface area (Å²) in [5.74, 6) is 1.41. The molecular formula is C2HClFP. The summed E-state index contributed by atoms with van der Waals surface area (Å²) < 4.78 is 11.8. The molecule has 0 fully saturated rings. The van der Waals surface area contributed by atoms with Crippen molar-refractivity contribution in [3.05, 3.63) is 10.6 Å². The van der Waals surface area contributed by atoms with Crippen molar-refractivity contribution >= 4 is 19.8 Å². The van der Waals surface area contributed by atoms with Gasteiger partial charge in [-0.2, -0.15) is 0 Å². The zero-order chi connectivity index (χ0) is 3.86. The zero-order valence-corrected chi connectivity index (χ0v) is 3.93. The average Bonchev–Trinajstić information content (AvgIpc) is 1.79. The van der Waals surface area contributed by atoms with E-state index in [0.717, 1.165) is 0 Å². The molecular weight excluding hydrogens is 109 g/mol. The Morgan fingerprint density at radius 2 is 2.20 bits per heavy atom. The fourth-order valence-corrected chi connectivity index (χ4v) is 0.582. The molecule has 0 radical (unpaired) electrons. The SMILES string of the molecule is FP1C=C1Cl. The summed E-state index contributed by atoms with van der Waals surface area (Å²) in [6, 6.07) is 0. The topological polar surface area (TPSA) is 0 Å². The van der Waals surface area contributed by atoms with Gasteiger partial charge in [-0.15, -0.1) is 0 Å². The lowest BCUT2D eigenvalue weighted by Crippen LogP contribution is -1.13. The number of hydrogen-bond acceptors (Lipinski definition) is 0. The zero-order valence-electron chi connectivity index (χ0n) is 2.28. The van der Waals surface area contributed by atoms with Crippen LogP contribution in [0.5, 0.6) is 0 Å². The van der Waals surface area contributed by atoms with E-state index in [0.29, 0.717) is 4.77 Å². The molecule has 0 saturated heterocycles. The van der Waals surface area contributed by atoms with Gasteiger partial charge in [0.2, 0.25) is 0 Å². The molecule has 0 aliphatic carbocycles. The maximum absolute atomic E-state index is 11.3. The lowest BCUT2D eigenvalue weighted by molar-refractivity contribution is 0.922. The fraction of sp³-hybridized carbons (Fsp3) is 0. The predicted molar refractivity (Wildman–Crippen MR) is 22.0 cm³/mol. The Labute approximate surface area is 35.5 Å². The third kappa shape index (κ3) is 0.614. The smallest absolute Gasteiger partial charge is 0.150 e. The van der Waals surface area contributed by atoms with E-state index in [1.807, 2.05) is 0 Å². The van der Waals surface area contributed by atoms with Crippen molar-refractivity contribution in [2.24, 2.45) is 0 Å². The van der Waals surface area contributed by atoms with Gasteiger partial charge in [0.05, 0.1) is 4.77 Å². The minimum absolute atomic E-state index is 0.417. The second-order valence-corrected chi connectivity index (χ2v) is 2.80. The first kappa shape index (κ1) is 3.58. The molecule has 0 aromatic rings. The van der Waals surface area contributed by atoms with Crippen LogP contribution < -0.4 is 0 Å². The lowest BCUT2D eigenvalue weighted by atomic mass is 11.3. The second-order valence-electron chi connectivity index (χ2n) is 0.763. The first-order chi connectivity index (χ1) is 2.30. The van der Waals surface area contributed by atoms with Gasteiger partial charge in [-0.25, -0.2) is 4.20 Å². The fourth-order valence-electron chi connectivity index (χ4n) is 0.0647. The van der Waals surface area contributed by atoms with Crippen LogP contribution in [-0.2, 0) is 0 Å². The first-order valence-corrected chi connectivity index (χ1v) is 2.81. The van der Waals surface area contributed by atoms with Crippen LogP contribution in [-0.4, -0.2) is 0 Å². The van der Waals surface area contributed by atoms with Gasteiger partial charge < -0.3 is 0 Å². The van der Waals surface area contributed by atoms with Gasteiger partial charge in [0.15, 0.2) is 8.23 Å². The van der Waals surface area contributed by atoms with E-state index in [4.69, 9.17) is 11.6 Å². The van der Waals surface area contributed by atoms with Gasteiger partial charge in [0.25, 0.3) is 0 Å². The van der Waals surface area contributed by atoms with Crippen molar-refractivity contribution in [1.29, 1.82) is 0 Å². The van der Waals surface area contributed by atoms with Gasteiger partial charge in [-0.1, -0.05) is 11.6 Å². The van der Waals surface area contributed by atoms with E-state index in [-0.39, 0.29) is 0 Å². The van der Waals surface area contributed by atoms with Gasteiger partial charge in [-0.3, -0.25) is 0 Å². The highest BCUT2D eigenvalue weighted by Crippen LogP contribution is 2.64.